The molecular weight excluding hydrogens is 224 g/mol. The number of hydrogen-bond donors (Lipinski definition) is 3. The summed E-state index contributed by atoms with van der Waals surface area (Å²) in [6, 6.07) is 0.219. The van der Waals surface area contributed by atoms with Gasteiger partial charge in [-0.2, -0.15) is 0 Å². The van der Waals surface area contributed by atoms with Gasteiger partial charge in [-0.3, -0.25) is 0 Å². The number of ether oxygens (including phenoxy) is 1. The van der Waals surface area contributed by atoms with Crippen LogP contribution in [0.3, 0.4) is 0 Å². The number of nitrogen functional groups attached to an aromatic ring is 1. The lowest BCUT2D eigenvalue weighted by molar-refractivity contribution is 0.0602. The van der Waals surface area contributed by atoms with Gasteiger partial charge in [0.15, 0.2) is 11.4 Å². The summed E-state index contributed by atoms with van der Waals surface area (Å²) in [5, 5.41) is 10.1. The second kappa shape index (κ2) is 5.05. The van der Waals surface area contributed by atoms with Crippen LogP contribution in [-0.2, 0) is 4.74 Å². The predicted molar refractivity (Wildman–Crippen MR) is 61.8 cm³/mol. The Hall–Kier alpha value is -1.76. The van der Waals surface area contributed by atoms with Gasteiger partial charge in [-0.15, -0.1) is 0 Å². The lowest BCUT2D eigenvalue weighted by atomic mass is 10.1. The summed E-state index contributed by atoms with van der Waals surface area (Å²) in [6.07, 6.45) is 2.10. The topological polar surface area (TPSA) is 102 Å². The maximum Gasteiger partial charge on any atom is 0.347 e. The highest BCUT2D eigenvalue weighted by Crippen LogP contribution is 2.23. The quantitative estimate of drug-likeness (QED) is 0.649. The van der Waals surface area contributed by atoms with Gasteiger partial charge < -0.3 is 25.6 Å². The number of esters is 1. The zero-order valence-electron chi connectivity index (χ0n) is 9.66. The molecule has 0 bridgehead atoms. The van der Waals surface area contributed by atoms with Crippen LogP contribution in [0.15, 0.2) is 4.52 Å². The molecule has 0 radical (unpaired) electrons. The van der Waals surface area contributed by atoms with Crippen LogP contribution in [0.5, 0.6) is 0 Å². The second-order valence-corrected chi connectivity index (χ2v) is 3.95. The van der Waals surface area contributed by atoms with Crippen molar-refractivity contribution in [2.24, 2.45) is 0 Å². The maximum atomic E-state index is 11.5. The number of nitrogens with one attached hydrogen (secondary N) is 2. The van der Waals surface area contributed by atoms with Crippen molar-refractivity contribution < 1.29 is 14.1 Å². The molecule has 1 aromatic rings. The van der Waals surface area contributed by atoms with Crippen LogP contribution in [0, 0.1) is 0 Å². The predicted octanol–water partition coefficient (Wildman–Crippen LogP) is 0.207. The number of carbonyl (C=O) groups excluding carboxylic acids is 1. The number of methoxy groups -OCH3 is 1. The molecule has 0 spiro atoms. The van der Waals surface area contributed by atoms with Crippen LogP contribution in [-0.4, -0.2) is 37.4 Å². The van der Waals surface area contributed by atoms with Gasteiger partial charge in [0, 0.05) is 12.6 Å². The molecule has 1 saturated heterocycles. The molecule has 7 nitrogen and oxygen atoms in total. The van der Waals surface area contributed by atoms with Gasteiger partial charge in [-0.05, 0) is 19.4 Å². The van der Waals surface area contributed by atoms with E-state index in [1.807, 2.05) is 0 Å². The first-order valence-electron chi connectivity index (χ1n) is 5.53. The average molecular weight is 240 g/mol. The number of anilines is 2. The highest BCUT2D eigenvalue weighted by Gasteiger charge is 2.24. The van der Waals surface area contributed by atoms with Crippen LogP contribution < -0.4 is 16.4 Å². The lowest BCUT2D eigenvalue weighted by Crippen LogP contribution is -2.38. The van der Waals surface area contributed by atoms with Crippen molar-refractivity contribution in [3.05, 3.63) is 5.56 Å². The van der Waals surface area contributed by atoms with Crippen molar-refractivity contribution in [2.45, 2.75) is 18.9 Å². The number of aromatic nitrogens is 1. The molecule has 2 heterocycles. The van der Waals surface area contributed by atoms with E-state index in [9.17, 15) is 4.79 Å². The maximum absolute atomic E-state index is 11.5. The Kier molecular flexibility index (Phi) is 3.48. The fourth-order valence-electron chi connectivity index (χ4n) is 1.87. The zero-order chi connectivity index (χ0) is 12.3. The highest BCUT2D eigenvalue weighted by molar-refractivity contribution is 5.98. The number of hydrogen-bond acceptors (Lipinski definition) is 7. The fraction of sp³-hybridized carbons (Fsp3) is 0.600. The number of nitrogens with zero attached hydrogens (tertiary/aromatic N) is 1. The molecule has 17 heavy (non-hydrogen) atoms. The summed E-state index contributed by atoms with van der Waals surface area (Å²) < 4.78 is 9.43. The summed E-state index contributed by atoms with van der Waals surface area (Å²) in [6.45, 7) is 1.84. The Morgan fingerprint density at radius 1 is 1.71 bits per heavy atom. The first kappa shape index (κ1) is 11.7. The molecule has 1 aliphatic heterocycles. The molecule has 1 fully saturated rings. The number of nitrogens with two attached hydrogens (primary N) is 1. The molecule has 1 aliphatic rings. The van der Waals surface area contributed by atoms with E-state index < -0.39 is 5.97 Å². The van der Waals surface area contributed by atoms with Crippen molar-refractivity contribution in [1.82, 2.24) is 10.5 Å². The van der Waals surface area contributed by atoms with E-state index in [-0.39, 0.29) is 17.5 Å². The monoisotopic (exact) mass is 240 g/mol. The van der Waals surface area contributed by atoms with E-state index in [2.05, 4.69) is 20.5 Å². The molecule has 1 unspecified atom stereocenters. The summed E-state index contributed by atoms with van der Waals surface area (Å²) in [4.78, 5) is 11.5. The van der Waals surface area contributed by atoms with Crippen LogP contribution in [0.25, 0.3) is 0 Å². The van der Waals surface area contributed by atoms with E-state index >= 15 is 0 Å². The molecule has 4 N–H and O–H groups in total. The molecular formula is C10H16N4O3. The Morgan fingerprint density at radius 3 is 3.18 bits per heavy atom. The van der Waals surface area contributed by atoms with Crippen LogP contribution >= 0.6 is 0 Å². The average Bonchev–Trinajstić information content (AvgIpc) is 2.71. The van der Waals surface area contributed by atoms with Gasteiger partial charge in [-0.1, -0.05) is 5.16 Å². The first-order chi connectivity index (χ1) is 8.22. The largest absolute Gasteiger partial charge is 0.465 e. The van der Waals surface area contributed by atoms with Crippen molar-refractivity contribution >= 4 is 17.7 Å². The summed E-state index contributed by atoms with van der Waals surface area (Å²) in [5.41, 5.74) is 5.70. The lowest BCUT2D eigenvalue weighted by Gasteiger charge is -2.23. The van der Waals surface area contributed by atoms with Crippen LogP contribution in [0.2, 0.25) is 0 Å². The standard InChI is InChI=1S/C10H16N4O3/c1-16-10(15)7-8(11)17-14-9(7)13-6-3-2-4-12-5-6/h6,12H,2-5,11H2,1H3,(H,13,14). The summed E-state index contributed by atoms with van der Waals surface area (Å²) >= 11 is 0. The normalized spacial score (nSPS) is 19.9. The van der Waals surface area contributed by atoms with Crippen molar-refractivity contribution in [3.8, 4) is 0 Å². The molecule has 0 saturated carbocycles. The minimum absolute atomic E-state index is 0.0249. The molecule has 0 aliphatic carbocycles. The van der Waals surface area contributed by atoms with Crippen LogP contribution in [0.4, 0.5) is 11.7 Å². The minimum atomic E-state index is -0.546. The number of piperidine rings is 1. The van der Waals surface area contributed by atoms with Gasteiger partial charge >= 0.3 is 5.97 Å². The third-order valence-electron chi connectivity index (χ3n) is 2.75. The van der Waals surface area contributed by atoms with Gasteiger partial charge in [0.25, 0.3) is 0 Å². The van der Waals surface area contributed by atoms with E-state index in [0.717, 1.165) is 25.9 Å². The van der Waals surface area contributed by atoms with E-state index in [1.54, 1.807) is 0 Å². The molecule has 7 heteroatoms. The van der Waals surface area contributed by atoms with E-state index in [0.29, 0.717) is 5.82 Å². The number of carbonyl (C=O) groups is 1. The van der Waals surface area contributed by atoms with Gasteiger partial charge in [0.2, 0.25) is 5.88 Å². The smallest absolute Gasteiger partial charge is 0.347 e. The Balaban J connectivity index is 2.12. The summed E-state index contributed by atoms with van der Waals surface area (Å²) in [5.74, 6) is -0.221. The Bertz CT molecular complexity index is 398. The first-order valence-corrected chi connectivity index (χ1v) is 5.53. The van der Waals surface area contributed by atoms with Crippen molar-refractivity contribution in [1.29, 1.82) is 0 Å². The van der Waals surface area contributed by atoms with E-state index in [1.165, 1.54) is 7.11 Å². The molecule has 2 rings (SSSR count). The fourth-order valence-corrected chi connectivity index (χ4v) is 1.87. The SMILES string of the molecule is COC(=O)c1c(NC2CCCNC2)noc1N. The van der Waals surface area contributed by atoms with Gasteiger partial charge in [-0.25, -0.2) is 4.79 Å². The Morgan fingerprint density at radius 2 is 2.53 bits per heavy atom. The van der Waals surface area contributed by atoms with E-state index in [4.69, 9.17) is 10.3 Å². The minimum Gasteiger partial charge on any atom is -0.465 e. The van der Waals surface area contributed by atoms with Crippen molar-refractivity contribution in [2.75, 3.05) is 31.2 Å². The molecule has 1 atom stereocenters. The van der Waals surface area contributed by atoms with Crippen LogP contribution in [0.1, 0.15) is 23.2 Å². The molecule has 0 amide bonds. The molecule has 0 aromatic carbocycles. The number of rotatable bonds is 3. The zero-order valence-corrected chi connectivity index (χ0v) is 9.66. The van der Waals surface area contributed by atoms with Gasteiger partial charge in [0.1, 0.15) is 0 Å². The molecule has 94 valence electrons. The highest BCUT2D eigenvalue weighted by atomic mass is 16.5. The molecule has 1 aromatic heterocycles. The summed E-state index contributed by atoms with van der Waals surface area (Å²) in [7, 11) is 1.29. The van der Waals surface area contributed by atoms with Gasteiger partial charge in [0.05, 0.1) is 7.11 Å². The van der Waals surface area contributed by atoms with Crippen molar-refractivity contribution in [3.63, 3.8) is 0 Å². The Labute approximate surface area is 98.7 Å². The second-order valence-electron chi connectivity index (χ2n) is 3.95. The third-order valence-corrected chi connectivity index (χ3v) is 2.75. The third kappa shape index (κ3) is 2.50.